The van der Waals surface area contributed by atoms with Gasteiger partial charge in [0.05, 0.1) is 0 Å². The standard InChI is InChI=1S/C9H19N3O/c1-8-3-2-6-12(7-8)9(13)11-5-4-10/h8H,2-7,10H2,1H3,(H,11,13). The number of amides is 2. The van der Waals surface area contributed by atoms with E-state index in [4.69, 9.17) is 5.73 Å². The Morgan fingerprint density at radius 1 is 1.69 bits per heavy atom. The van der Waals surface area contributed by atoms with Crippen molar-refractivity contribution in [2.45, 2.75) is 19.8 Å². The summed E-state index contributed by atoms with van der Waals surface area (Å²) in [5.41, 5.74) is 5.30. The van der Waals surface area contributed by atoms with Crippen molar-refractivity contribution in [1.29, 1.82) is 0 Å². The molecular weight excluding hydrogens is 166 g/mol. The van der Waals surface area contributed by atoms with Crippen molar-refractivity contribution in [2.24, 2.45) is 11.7 Å². The van der Waals surface area contributed by atoms with Gasteiger partial charge in [-0.3, -0.25) is 0 Å². The number of nitrogens with two attached hydrogens (primary N) is 1. The van der Waals surface area contributed by atoms with Crippen molar-refractivity contribution in [2.75, 3.05) is 26.2 Å². The minimum Gasteiger partial charge on any atom is -0.337 e. The number of hydrogen-bond donors (Lipinski definition) is 2. The van der Waals surface area contributed by atoms with Gasteiger partial charge in [0.1, 0.15) is 0 Å². The van der Waals surface area contributed by atoms with Crippen LogP contribution in [0.1, 0.15) is 19.8 Å². The van der Waals surface area contributed by atoms with Crippen LogP contribution in [0.3, 0.4) is 0 Å². The Balaban J connectivity index is 2.28. The lowest BCUT2D eigenvalue weighted by Crippen LogP contribution is -2.46. The van der Waals surface area contributed by atoms with Crippen LogP contribution in [0.15, 0.2) is 0 Å². The normalized spacial score (nSPS) is 22.9. The number of piperidine rings is 1. The van der Waals surface area contributed by atoms with E-state index >= 15 is 0 Å². The summed E-state index contributed by atoms with van der Waals surface area (Å²) < 4.78 is 0. The number of hydrogen-bond acceptors (Lipinski definition) is 2. The van der Waals surface area contributed by atoms with Crippen molar-refractivity contribution in [3.8, 4) is 0 Å². The van der Waals surface area contributed by atoms with Gasteiger partial charge >= 0.3 is 6.03 Å². The molecule has 1 heterocycles. The highest BCUT2D eigenvalue weighted by Crippen LogP contribution is 2.14. The topological polar surface area (TPSA) is 58.4 Å². The van der Waals surface area contributed by atoms with Crippen LogP contribution in [-0.2, 0) is 0 Å². The first kappa shape index (κ1) is 10.3. The fourth-order valence-corrected chi connectivity index (χ4v) is 1.66. The summed E-state index contributed by atoms with van der Waals surface area (Å²) in [6, 6.07) is 0.0389. The molecule has 76 valence electrons. The molecule has 1 aliphatic heterocycles. The van der Waals surface area contributed by atoms with Crippen LogP contribution in [0.4, 0.5) is 4.79 Å². The number of urea groups is 1. The van der Waals surface area contributed by atoms with E-state index in [-0.39, 0.29) is 6.03 Å². The van der Waals surface area contributed by atoms with Crippen molar-refractivity contribution in [1.82, 2.24) is 10.2 Å². The molecule has 4 nitrogen and oxygen atoms in total. The predicted molar refractivity (Wildman–Crippen MR) is 52.4 cm³/mol. The quantitative estimate of drug-likeness (QED) is 0.653. The molecule has 2 amide bonds. The van der Waals surface area contributed by atoms with E-state index in [1.807, 2.05) is 4.90 Å². The van der Waals surface area contributed by atoms with E-state index in [9.17, 15) is 4.79 Å². The van der Waals surface area contributed by atoms with E-state index < -0.39 is 0 Å². The lowest BCUT2D eigenvalue weighted by atomic mass is 10.0. The first-order chi connectivity index (χ1) is 6.24. The summed E-state index contributed by atoms with van der Waals surface area (Å²) >= 11 is 0. The van der Waals surface area contributed by atoms with Gasteiger partial charge in [0.25, 0.3) is 0 Å². The molecule has 1 aliphatic rings. The zero-order valence-corrected chi connectivity index (χ0v) is 8.25. The predicted octanol–water partition coefficient (Wildman–Crippen LogP) is 0.387. The molecule has 1 unspecified atom stereocenters. The molecule has 3 N–H and O–H groups in total. The second kappa shape index (κ2) is 5.07. The Labute approximate surface area is 79.5 Å². The third-order valence-electron chi connectivity index (χ3n) is 2.36. The zero-order valence-electron chi connectivity index (χ0n) is 8.25. The number of nitrogens with zero attached hydrogens (tertiary/aromatic N) is 1. The number of carbonyl (C=O) groups excluding carboxylic acids is 1. The lowest BCUT2D eigenvalue weighted by molar-refractivity contribution is 0.170. The highest BCUT2D eigenvalue weighted by Gasteiger charge is 2.19. The summed E-state index contributed by atoms with van der Waals surface area (Å²) in [4.78, 5) is 13.3. The van der Waals surface area contributed by atoms with Crippen LogP contribution in [-0.4, -0.2) is 37.1 Å². The van der Waals surface area contributed by atoms with Crippen LogP contribution in [0, 0.1) is 5.92 Å². The molecule has 0 aromatic carbocycles. The average molecular weight is 185 g/mol. The van der Waals surface area contributed by atoms with Crippen LogP contribution >= 0.6 is 0 Å². The molecular formula is C9H19N3O. The van der Waals surface area contributed by atoms with Gasteiger partial charge in [-0.15, -0.1) is 0 Å². The van der Waals surface area contributed by atoms with Crippen molar-refractivity contribution in [3.05, 3.63) is 0 Å². The van der Waals surface area contributed by atoms with E-state index in [0.717, 1.165) is 19.5 Å². The van der Waals surface area contributed by atoms with E-state index in [1.165, 1.54) is 6.42 Å². The maximum atomic E-state index is 11.5. The van der Waals surface area contributed by atoms with Gasteiger partial charge in [0, 0.05) is 26.2 Å². The fourth-order valence-electron chi connectivity index (χ4n) is 1.66. The fraction of sp³-hybridized carbons (Fsp3) is 0.889. The molecule has 0 aromatic rings. The summed E-state index contributed by atoms with van der Waals surface area (Å²) in [5, 5.41) is 2.78. The minimum atomic E-state index is 0.0389. The molecule has 0 radical (unpaired) electrons. The maximum Gasteiger partial charge on any atom is 0.317 e. The summed E-state index contributed by atoms with van der Waals surface area (Å²) in [5.74, 6) is 0.636. The zero-order chi connectivity index (χ0) is 9.68. The SMILES string of the molecule is CC1CCCN(C(=O)NCCN)C1. The first-order valence-electron chi connectivity index (χ1n) is 4.97. The lowest BCUT2D eigenvalue weighted by Gasteiger charge is -2.30. The van der Waals surface area contributed by atoms with Crippen LogP contribution in [0.25, 0.3) is 0 Å². The van der Waals surface area contributed by atoms with E-state index in [2.05, 4.69) is 12.2 Å². The summed E-state index contributed by atoms with van der Waals surface area (Å²) in [6.07, 6.45) is 2.36. The van der Waals surface area contributed by atoms with Crippen LogP contribution < -0.4 is 11.1 Å². The van der Waals surface area contributed by atoms with Gasteiger partial charge in [0.15, 0.2) is 0 Å². The Morgan fingerprint density at radius 3 is 3.08 bits per heavy atom. The Hall–Kier alpha value is -0.770. The van der Waals surface area contributed by atoms with E-state index in [1.54, 1.807) is 0 Å². The van der Waals surface area contributed by atoms with Gasteiger partial charge in [0.2, 0.25) is 0 Å². The molecule has 1 fully saturated rings. The number of likely N-dealkylation sites (tertiary alicyclic amines) is 1. The van der Waals surface area contributed by atoms with Gasteiger partial charge < -0.3 is 16.0 Å². The van der Waals surface area contributed by atoms with Gasteiger partial charge in [-0.2, -0.15) is 0 Å². The largest absolute Gasteiger partial charge is 0.337 e. The third kappa shape index (κ3) is 3.22. The van der Waals surface area contributed by atoms with Gasteiger partial charge in [-0.1, -0.05) is 6.92 Å². The minimum absolute atomic E-state index is 0.0389. The Kier molecular flexibility index (Phi) is 4.02. The molecule has 0 bridgehead atoms. The van der Waals surface area contributed by atoms with Crippen molar-refractivity contribution in [3.63, 3.8) is 0 Å². The monoisotopic (exact) mass is 185 g/mol. The molecule has 0 aliphatic carbocycles. The second-order valence-electron chi connectivity index (χ2n) is 3.71. The van der Waals surface area contributed by atoms with Crippen LogP contribution in [0.2, 0.25) is 0 Å². The molecule has 1 atom stereocenters. The summed E-state index contributed by atoms with van der Waals surface area (Å²) in [6.45, 7) is 5.04. The first-order valence-corrected chi connectivity index (χ1v) is 4.97. The number of nitrogens with one attached hydrogen (secondary N) is 1. The molecule has 0 saturated carbocycles. The Bertz CT molecular complexity index is 172. The molecule has 0 aromatic heterocycles. The molecule has 1 saturated heterocycles. The number of rotatable bonds is 2. The summed E-state index contributed by atoms with van der Waals surface area (Å²) in [7, 11) is 0. The van der Waals surface area contributed by atoms with Crippen molar-refractivity contribution < 1.29 is 4.79 Å². The highest BCUT2D eigenvalue weighted by molar-refractivity contribution is 5.74. The Morgan fingerprint density at radius 2 is 2.46 bits per heavy atom. The molecule has 4 heteroatoms. The van der Waals surface area contributed by atoms with Crippen molar-refractivity contribution >= 4 is 6.03 Å². The number of carbonyl (C=O) groups is 1. The van der Waals surface area contributed by atoms with Crippen LogP contribution in [0.5, 0.6) is 0 Å². The highest BCUT2D eigenvalue weighted by atomic mass is 16.2. The smallest absolute Gasteiger partial charge is 0.317 e. The molecule has 13 heavy (non-hydrogen) atoms. The van der Waals surface area contributed by atoms with E-state index in [0.29, 0.717) is 19.0 Å². The van der Waals surface area contributed by atoms with Gasteiger partial charge in [-0.05, 0) is 18.8 Å². The average Bonchev–Trinajstić information content (AvgIpc) is 2.14. The maximum absolute atomic E-state index is 11.5. The molecule has 0 spiro atoms. The van der Waals surface area contributed by atoms with Gasteiger partial charge in [-0.25, -0.2) is 4.79 Å². The second-order valence-corrected chi connectivity index (χ2v) is 3.71. The molecule has 1 rings (SSSR count). The third-order valence-corrected chi connectivity index (χ3v) is 2.36.